The Balaban J connectivity index is 2.38. The third kappa shape index (κ3) is 3.06. The van der Waals surface area contributed by atoms with E-state index in [4.69, 9.17) is 28.9 Å². The van der Waals surface area contributed by atoms with Crippen LogP contribution in [-0.2, 0) is 0 Å². The molecule has 0 unspecified atom stereocenters. The minimum atomic E-state index is -0.190. The summed E-state index contributed by atoms with van der Waals surface area (Å²) in [4.78, 5) is 14.2. The minimum Gasteiger partial charge on any atom is -0.399 e. The molecule has 0 aliphatic carbocycles. The predicted octanol–water partition coefficient (Wildman–Crippen LogP) is 4.24. The van der Waals surface area contributed by atoms with Crippen LogP contribution in [-0.4, -0.2) is 12.5 Å². The molecule has 0 aromatic heterocycles. The minimum absolute atomic E-state index is 0.190. The van der Waals surface area contributed by atoms with Gasteiger partial charge < -0.3 is 10.6 Å². The van der Waals surface area contributed by atoms with Gasteiger partial charge in [0.15, 0.2) is 0 Å². The molecular formula is C15H14Cl2N2O. The molecule has 2 aromatic carbocycles. The summed E-state index contributed by atoms with van der Waals surface area (Å²) in [5, 5.41) is 0.861. The van der Waals surface area contributed by atoms with Gasteiger partial charge in [0.2, 0.25) is 0 Å². The molecule has 2 aromatic rings. The Bertz CT molecular complexity index is 626. The average molecular weight is 309 g/mol. The van der Waals surface area contributed by atoms with Crippen molar-refractivity contribution in [1.29, 1.82) is 0 Å². The van der Waals surface area contributed by atoms with Gasteiger partial charge in [-0.2, -0.15) is 0 Å². The number of hydrogen-bond donors (Lipinski definition) is 1. The van der Waals surface area contributed by atoms with Crippen molar-refractivity contribution >= 4 is 40.5 Å². The number of nitrogens with zero attached hydrogens (tertiary/aromatic N) is 1. The number of benzene rings is 2. The van der Waals surface area contributed by atoms with E-state index in [9.17, 15) is 4.79 Å². The number of nitrogen functional groups attached to an aromatic ring is 1. The van der Waals surface area contributed by atoms with Gasteiger partial charge in [0.1, 0.15) is 0 Å². The van der Waals surface area contributed by atoms with Crippen LogP contribution in [0.4, 0.5) is 11.4 Å². The zero-order valence-electron chi connectivity index (χ0n) is 10.9. The molecule has 0 atom stereocenters. The molecule has 0 saturated carbocycles. The van der Waals surface area contributed by atoms with Crippen LogP contribution in [0.1, 0.15) is 17.3 Å². The van der Waals surface area contributed by atoms with Gasteiger partial charge in [-0.05, 0) is 49.4 Å². The summed E-state index contributed by atoms with van der Waals surface area (Å²) in [7, 11) is 0. The Hall–Kier alpha value is -1.71. The van der Waals surface area contributed by atoms with E-state index < -0.39 is 0 Å². The first-order valence-corrected chi connectivity index (χ1v) is 6.91. The summed E-state index contributed by atoms with van der Waals surface area (Å²) in [6, 6.07) is 12.0. The van der Waals surface area contributed by atoms with Crippen LogP contribution >= 0.6 is 23.2 Å². The molecule has 0 aliphatic rings. The van der Waals surface area contributed by atoms with E-state index in [1.165, 1.54) is 0 Å². The lowest BCUT2D eigenvalue weighted by Gasteiger charge is -2.22. The van der Waals surface area contributed by atoms with E-state index in [1.807, 2.05) is 6.92 Å². The van der Waals surface area contributed by atoms with E-state index in [1.54, 1.807) is 47.4 Å². The maximum Gasteiger partial charge on any atom is 0.259 e. The molecule has 20 heavy (non-hydrogen) atoms. The molecule has 0 bridgehead atoms. The number of carbonyl (C=O) groups is 1. The van der Waals surface area contributed by atoms with Crippen molar-refractivity contribution < 1.29 is 4.79 Å². The van der Waals surface area contributed by atoms with Gasteiger partial charge in [0.05, 0.1) is 10.6 Å². The molecule has 104 valence electrons. The zero-order chi connectivity index (χ0) is 14.7. The highest BCUT2D eigenvalue weighted by Gasteiger charge is 2.19. The molecule has 0 saturated heterocycles. The smallest absolute Gasteiger partial charge is 0.259 e. The Kier molecular flexibility index (Phi) is 4.53. The van der Waals surface area contributed by atoms with E-state index in [-0.39, 0.29) is 5.91 Å². The fourth-order valence-electron chi connectivity index (χ4n) is 1.90. The van der Waals surface area contributed by atoms with Crippen LogP contribution in [0, 0.1) is 0 Å². The Labute approximate surface area is 127 Å². The maximum absolute atomic E-state index is 12.6. The van der Waals surface area contributed by atoms with Crippen molar-refractivity contribution in [2.75, 3.05) is 17.2 Å². The number of nitrogens with two attached hydrogens (primary N) is 1. The molecule has 2 N–H and O–H groups in total. The summed E-state index contributed by atoms with van der Waals surface area (Å²) >= 11 is 12.0. The topological polar surface area (TPSA) is 46.3 Å². The molecule has 0 heterocycles. The predicted molar refractivity (Wildman–Crippen MR) is 84.7 cm³/mol. The third-order valence-corrected chi connectivity index (χ3v) is 3.49. The van der Waals surface area contributed by atoms with Crippen molar-refractivity contribution in [3.8, 4) is 0 Å². The third-order valence-electron chi connectivity index (χ3n) is 2.92. The first-order valence-electron chi connectivity index (χ1n) is 6.15. The Morgan fingerprint density at radius 1 is 1.15 bits per heavy atom. The van der Waals surface area contributed by atoms with Crippen LogP contribution in [0.5, 0.6) is 0 Å². The van der Waals surface area contributed by atoms with E-state index >= 15 is 0 Å². The lowest BCUT2D eigenvalue weighted by molar-refractivity contribution is 0.0988. The SMILES string of the molecule is CCN(C(=O)c1cc(Cl)ccc1Cl)c1ccc(N)cc1. The van der Waals surface area contributed by atoms with E-state index in [2.05, 4.69) is 0 Å². The standard InChI is InChI=1S/C15H14Cl2N2O/c1-2-19(12-6-4-11(18)5-7-12)15(20)13-9-10(16)3-8-14(13)17/h3-9H,2,18H2,1H3. The van der Waals surface area contributed by atoms with Gasteiger partial charge >= 0.3 is 0 Å². The van der Waals surface area contributed by atoms with Crippen molar-refractivity contribution in [2.24, 2.45) is 0 Å². The number of rotatable bonds is 3. The van der Waals surface area contributed by atoms with Crippen molar-refractivity contribution in [3.63, 3.8) is 0 Å². The van der Waals surface area contributed by atoms with Crippen LogP contribution in [0.25, 0.3) is 0 Å². The highest BCUT2D eigenvalue weighted by molar-refractivity contribution is 6.36. The quantitative estimate of drug-likeness (QED) is 0.862. The fourth-order valence-corrected chi connectivity index (χ4v) is 2.27. The lowest BCUT2D eigenvalue weighted by Crippen LogP contribution is -2.30. The van der Waals surface area contributed by atoms with E-state index in [0.29, 0.717) is 27.8 Å². The van der Waals surface area contributed by atoms with Gasteiger partial charge in [-0.3, -0.25) is 4.79 Å². The Morgan fingerprint density at radius 2 is 1.80 bits per heavy atom. The van der Waals surface area contributed by atoms with Crippen molar-refractivity contribution in [3.05, 3.63) is 58.1 Å². The zero-order valence-corrected chi connectivity index (χ0v) is 12.4. The normalized spacial score (nSPS) is 10.3. The molecule has 5 heteroatoms. The van der Waals surface area contributed by atoms with Crippen molar-refractivity contribution in [1.82, 2.24) is 0 Å². The van der Waals surface area contributed by atoms with Crippen LogP contribution in [0.3, 0.4) is 0 Å². The molecule has 2 rings (SSSR count). The molecule has 0 radical (unpaired) electrons. The second kappa shape index (κ2) is 6.16. The van der Waals surface area contributed by atoms with Gasteiger partial charge in [-0.15, -0.1) is 0 Å². The van der Waals surface area contributed by atoms with Crippen LogP contribution in [0.2, 0.25) is 10.0 Å². The van der Waals surface area contributed by atoms with Crippen LogP contribution in [0.15, 0.2) is 42.5 Å². The Morgan fingerprint density at radius 3 is 2.40 bits per heavy atom. The molecule has 0 aliphatic heterocycles. The summed E-state index contributed by atoms with van der Waals surface area (Å²) in [5.41, 5.74) is 7.46. The average Bonchev–Trinajstić information content (AvgIpc) is 2.44. The van der Waals surface area contributed by atoms with Crippen LogP contribution < -0.4 is 10.6 Å². The summed E-state index contributed by atoms with van der Waals surface area (Å²) in [6.45, 7) is 2.41. The van der Waals surface area contributed by atoms with Gasteiger partial charge in [-0.25, -0.2) is 0 Å². The molecule has 0 fully saturated rings. The second-order valence-corrected chi connectivity index (χ2v) is 5.11. The first-order chi connectivity index (χ1) is 9.52. The van der Waals surface area contributed by atoms with Gasteiger partial charge in [0.25, 0.3) is 5.91 Å². The number of carbonyl (C=O) groups excluding carboxylic acids is 1. The number of halogens is 2. The molecule has 1 amide bonds. The number of hydrogen-bond acceptors (Lipinski definition) is 2. The number of anilines is 2. The largest absolute Gasteiger partial charge is 0.399 e. The van der Waals surface area contributed by atoms with Gasteiger partial charge in [-0.1, -0.05) is 23.2 Å². The fraction of sp³-hybridized carbons (Fsp3) is 0.133. The molecule has 3 nitrogen and oxygen atoms in total. The highest BCUT2D eigenvalue weighted by Crippen LogP contribution is 2.25. The summed E-state index contributed by atoms with van der Waals surface area (Å²) in [5.74, 6) is -0.190. The van der Waals surface area contributed by atoms with E-state index in [0.717, 1.165) is 5.69 Å². The summed E-state index contributed by atoms with van der Waals surface area (Å²) < 4.78 is 0. The molecule has 0 spiro atoms. The lowest BCUT2D eigenvalue weighted by atomic mass is 10.1. The maximum atomic E-state index is 12.6. The summed E-state index contributed by atoms with van der Waals surface area (Å²) in [6.07, 6.45) is 0. The number of amides is 1. The first kappa shape index (κ1) is 14.7. The second-order valence-electron chi connectivity index (χ2n) is 4.27. The van der Waals surface area contributed by atoms with Crippen molar-refractivity contribution in [2.45, 2.75) is 6.92 Å². The van der Waals surface area contributed by atoms with Gasteiger partial charge in [0, 0.05) is 22.9 Å². The highest BCUT2D eigenvalue weighted by atomic mass is 35.5. The molecular weight excluding hydrogens is 295 g/mol. The monoisotopic (exact) mass is 308 g/mol.